The molecule has 130 valence electrons. The third-order valence-corrected chi connectivity index (χ3v) is 3.98. The number of aliphatic hydroxyl groups excluding tert-OH is 1. The Hall–Kier alpha value is -2.00. The van der Waals surface area contributed by atoms with Crippen LogP contribution < -0.4 is 9.47 Å². The number of ether oxygens (including phenoxy) is 2. The van der Waals surface area contributed by atoms with Crippen molar-refractivity contribution in [2.24, 2.45) is 0 Å². The third kappa shape index (κ3) is 5.57. The van der Waals surface area contributed by atoms with E-state index >= 15 is 0 Å². The Morgan fingerprint density at radius 3 is 1.29 bits per heavy atom. The highest BCUT2D eigenvalue weighted by Crippen LogP contribution is 2.20. The molecule has 1 N–H and O–H groups in total. The van der Waals surface area contributed by atoms with Crippen LogP contribution >= 0.6 is 0 Å². The standard InChI is InChI=1S/C21H28O3/c1-15(2)17-5-9-20(10-6-17)23-13-19(22)14-24-21-11-7-18(8-12-21)16(3)4/h5-12,15-16,19,22H,13-14H2,1-4H3. The molecule has 0 bridgehead atoms. The van der Waals surface area contributed by atoms with Crippen molar-refractivity contribution in [2.75, 3.05) is 13.2 Å². The quantitative estimate of drug-likeness (QED) is 0.760. The fraction of sp³-hybridized carbons (Fsp3) is 0.429. The maximum Gasteiger partial charge on any atom is 0.122 e. The smallest absolute Gasteiger partial charge is 0.122 e. The highest BCUT2D eigenvalue weighted by Gasteiger charge is 2.08. The van der Waals surface area contributed by atoms with Crippen molar-refractivity contribution in [2.45, 2.75) is 45.6 Å². The molecule has 0 fully saturated rings. The summed E-state index contributed by atoms with van der Waals surface area (Å²) < 4.78 is 11.2. The molecule has 0 aliphatic carbocycles. The van der Waals surface area contributed by atoms with Crippen molar-refractivity contribution in [3.8, 4) is 11.5 Å². The van der Waals surface area contributed by atoms with Crippen molar-refractivity contribution in [1.29, 1.82) is 0 Å². The van der Waals surface area contributed by atoms with E-state index in [-0.39, 0.29) is 13.2 Å². The Kier molecular flexibility index (Phi) is 6.68. The first kappa shape index (κ1) is 18.3. The minimum Gasteiger partial charge on any atom is -0.491 e. The van der Waals surface area contributed by atoms with Gasteiger partial charge in [0.15, 0.2) is 0 Å². The van der Waals surface area contributed by atoms with Gasteiger partial charge >= 0.3 is 0 Å². The zero-order valence-corrected chi connectivity index (χ0v) is 15.0. The van der Waals surface area contributed by atoms with Gasteiger partial charge in [-0.05, 0) is 47.2 Å². The summed E-state index contributed by atoms with van der Waals surface area (Å²) in [5.74, 6) is 2.53. The summed E-state index contributed by atoms with van der Waals surface area (Å²) in [5.41, 5.74) is 2.55. The Morgan fingerprint density at radius 1 is 0.667 bits per heavy atom. The summed E-state index contributed by atoms with van der Waals surface area (Å²) in [5, 5.41) is 10.0. The molecule has 0 amide bonds. The van der Waals surface area contributed by atoms with Gasteiger partial charge in [-0.1, -0.05) is 52.0 Å². The van der Waals surface area contributed by atoms with Crippen molar-refractivity contribution in [3.63, 3.8) is 0 Å². The molecule has 3 nitrogen and oxygen atoms in total. The molecule has 0 atom stereocenters. The highest BCUT2D eigenvalue weighted by molar-refractivity contribution is 5.29. The Balaban J connectivity index is 1.75. The second-order valence-electron chi connectivity index (χ2n) is 6.72. The number of hydrogen-bond donors (Lipinski definition) is 1. The Morgan fingerprint density at radius 2 is 1.00 bits per heavy atom. The zero-order valence-electron chi connectivity index (χ0n) is 15.0. The fourth-order valence-corrected chi connectivity index (χ4v) is 2.33. The average Bonchev–Trinajstić information content (AvgIpc) is 2.58. The maximum atomic E-state index is 10.0. The van der Waals surface area contributed by atoms with E-state index in [0.29, 0.717) is 11.8 Å². The molecular formula is C21H28O3. The van der Waals surface area contributed by atoms with E-state index in [4.69, 9.17) is 9.47 Å². The highest BCUT2D eigenvalue weighted by atomic mass is 16.5. The van der Waals surface area contributed by atoms with Crippen LogP contribution in [0.3, 0.4) is 0 Å². The summed E-state index contributed by atoms with van der Waals surface area (Å²) in [6, 6.07) is 16.0. The Bertz CT molecular complexity index is 544. The molecule has 0 saturated carbocycles. The molecule has 2 rings (SSSR count). The summed E-state index contributed by atoms with van der Waals surface area (Å²) in [6.45, 7) is 9.06. The second kappa shape index (κ2) is 8.74. The van der Waals surface area contributed by atoms with Crippen LogP contribution in [0.5, 0.6) is 11.5 Å². The van der Waals surface area contributed by atoms with E-state index in [0.717, 1.165) is 11.5 Å². The minimum atomic E-state index is -0.667. The average molecular weight is 328 g/mol. The molecule has 3 heteroatoms. The lowest BCUT2D eigenvalue weighted by Crippen LogP contribution is -2.25. The van der Waals surface area contributed by atoms with Crippen LogP contribution in [0.15, 0.2) is 48.5 Å². The van der Waals surface area contributed by atoms with Gasteiger partial charge in [-0.2, -0.15) is 0 Å². The summed E-state index contributed by atoms with van der Waals surface area (Å²) in [6.07, 6.45) is -0.667. The van der Waals surface area contributed by atoms with Crippen LogP contribution in [-0.4, -0.2) is 24.4 Å². The SMILES string of the molecule is CC(C)c1ccc(OCC(O)COc2ccc(C(C)C)cc2)cc1. The third-order valence-electron chi connectivity index (χ3n) is 3.98. The van der Waals surface area contributed by atoms with E-state index in [1.165, 1.54) is 11.1 Å². The van der Waals surface area contributed by atoms with Crippen LogP contribution in [0.2, 0.25) is 0 Å². The molecule has 2 aromatic carbocycles. The fourth-order valence-electron chi connectivity index (χ4n) is 2.33. The number of aliphatic hydroxyl groups is 1. The Labute approximate surface area is 145 Å². The van der Waals surface area contributed by atoms with Crippen LogP contribution in [0.1, 0.15) is 50.7 Å². The van der Waals surface area contributed by atoms with Gasteiger partial charge in [0.05, 0.1) is 0 Å². The molecule has 0 spiro atoms. The molecular weight excluding hydrogens is 300 g/mol. The lowest BCUT2D eigenvalue weighted by atomic mass is 10.0. The van der Waals surface area contributed by atoms with Gasteiger partial charge in [-0.25, -0.2) is 0 Å². The molecule has 2 aromatic rings. The zero-order chi connectivity index (χ0) is 17.5. The van der Waals surface area contributed by atoms with Gasteiger partial charge in [-0.3, -0.25) is 0 Å². The summed E-state index contributed by atoms with van der Waals surface area (Å²) in [4.78, 5) is 0. The first-order chi connectivity index (χ1) is 11.5. The lowest BCUT2D eigenvalue weighted by molar-refractivity contribution is 0.0626. The van der Waals surface area contributed by atoms with Gasteiger partial charge in [0.2, 0.25) is 0 Å². The van der Waals surface area contributed by atoms with E-state index in [1.807, 2.05) is 24.3 Å². The molecule has 24 heavy (non-hydrogen) atoms. The van der Waals surface area contributed by atoms with Crippen molar-refractivity contribution in [3.05, 3.63) is 59.7 Å². The monoisotopic (exact) mass is 328 g/mol. The first-order valence-corrected chi connectivity index (χ1v) is 8.59. The van der Waals surface area contributed by atoms with E-state index in [2.05, 4.69) is 52.0 Å². The topological polar surface area (TPSA) is 38.7 Å². The normalized spacial score (nSPS) is 11.3. The summed E-state index contributed by atoms with van der Waals surface area (Å²) in [7, 11) is 0. The molecule has 0 aliphatic rings. The van der Waals surface area contributed by atoms with Crippen LogP contribution in [0.25, 0.3) is 0 Å². The van der Waals surface area contributed by atoms with Crippen molar-refractivity contribution < 1.29 is 14.6 Å². The molecule has 0 radical (unpaired) electrons. The van der Waals surface area contributed by atoms with Gasteiger partial charge < -0.3 is 14.6 Å². The van der Waals surface area contributed by atoms with Gasteiger partial charge in [0, 0.05) is 0 Å². The largest absolute Gasteiger partial charge is 0.491 e. The van der Waals surface area contributed by atoms with Crippen LogP contribution in [0, 0.1) is 0 Å². The second-order valence-corrected chi connectivity index (χ2v) is 6.72. The minimum absolute atomic E-state index is 0.213. The molecule has 0 unspecified atom stereocenters. The summed E-state index contributed by atoms with van der Waals surface area (Å²) >= 11 is 0. The van der Waals surface area contributed by atoms with Crippen LogP contribution in [0.4, 0.5) is 0 Å². The van der Waals surface area contributed by atoms with Gasteiger partial charge in [0.1, 0.15) is 30.8 Å². The van der Waals surface area contributed by atoms with Gasteiger partial charge in [0.25, 0.3) is 0 Å². The van der Waals surface area contributed by atoms with Crippen molar-refractivity contribution >= 4 is 0 Å². The predicted molar refractivity (Wildman–Crippen MR) is 98.1 cm³/mol. The maximum absolute atomic E-state index is 10.0. The van der Waals surface area contributed by atoms with Crippen LogP contribution in [-0.2, 0) is 0 Å². The lowest BCUT2D eigenvalue weighted by Gasteiger charge is -2.15. The number of hydrogen-bond acceptors (Lipinski definition) is 3. The predicted octanol–water partition coefficient (Wildman–Crippen LogP) is 4.75. The van der Waals surface area contributed by atoms with E-state index < -0.39 is 6.10 Å². The molecule has 0 aromatic heterocycles. The van der Waals surface area contributed by atoms with E-state index in [9.17, 15) is 5.11 Å². The molecule has 0 saturated heterocycles. The first-order valence-electron chi connectivity index (χ1n) is 8.59. The van der Waals surface area contributed by atoms with E-state index in [1.54, 1.807) is 0 Å². The van der Waals surface area contributed by atoms with Gasteiger partial charge in [-0.15, -0.1) is 0 Å². The molecule has 0 heterocycles. The number of benzene rings is 2. The number of rotatable bonds is 8. The molecule has 0 aliphatic heterocycles. The van der Waals surface area contributed by atoms with Crippen molar-refractivity contribution in [1.82, 2.24) is 0 Å².